The Kier molecular flexibility index (Phi) is 5.08. The van der Waals surface area contributed by atoms with Gasteiger partial charge < -0.3 is 10.1 Å². The lowest BCUT2D eigenvalue weighted by atomic mass is 10.2. The van der Waals surface area contributed by atoms with Gasteiger partial charge in [-0.1, -0.05) is 18.7 Å². The molecule has 0 aliphatic carbocycles. The molecule has 0 spiro atoms. The minimum absolute atomic E-state index is 0.857. The van der Waals surface area contributed by atoms with E-state index in [9.17, 15) is 0 Å². The van der Waals surface area contributed by atoms with Crippen molar-refractivity contribution in [3.8, 4) is 5.75 Å². The highest BCUT2D eigenvalue weighted by Crippen LogP contribution is 2.17. The maximum Gasteiger partial charge on any atom is 0.119 e. The van der Waals surface area contributed by atoms with E-state index in [-0.39, 0.29) is 0 Å². The Morgan fingerprint density at radius 2 is 1.94 bits per heavy atom. The molecule has 0 aromatic heterocycles. The average Bonchev–Trinajstić information content (AvgIpc) is 2.38. The van der Waals surface area contributed by atoms with Crippen molar-refractivity contribution in [1.82, 2.24) is 0 Å². The topological polar surface area (TPSA) is 21.3 Å². The largest absolute Gasteiger partial charge is 0.497 e. The van der Waals surface area contributed by atoms with Crippen LogP contribution in [0.5, 0.6) is 5.75 Å². The second-order valence-electron chi connectivity index (χ2n) is 3.69. The van der Waals surface area contributed by atoms with Crippen molar-refractivity contribution in [2.24, 2.45) is 0 Å². The van der Waals surface area contributed by atoms with Crippen molar-refractivity contribution in [3.63, 3.8) is 0 Å². The Labute approximate surface area is 103 Å². The smallest absolute Gasteiger partial charge is 0.119 e. The Morgan fingerprint density at radius 1 is 1.29 bits per heavy atom. The quantitative estimate of drug-likeness (QED) is 0.766. The normalized spacial score (nSPS) is 12.2. The van der Waals surface area contributed by atoms with Gasteiger partial charge in [-0.2, -0.15) is 0 Å². The van der Waals surface area contributed by atoms with Gasteiger partial charge in [0.15, 0.2) is 0 Å². The molecule has 0 fully saturated rings. The maximum absolute atomic E-state index is 5.11. The van der Waals surface area contributed by atoms with Crippen LogP contribution in [0, 0.1) is 0 Å². The number of rotatable bonds is 5. The van der Waals surface area contributed by atoms with E-state index in [0.29, 0.717) is 0 Å². The van der Waals surface area contributed by atoms with E-state index in [0.717, 1.165) is 22.7 Å². The number of anilines is 1. The molecule has 0 amide bonds. The SMILES string of the molecule is C=C/C(C)=C\C(=C/C)Nc1ccc(OC)cc1. The van der Waals surface area contributed by atoms with E-state index in [1.165, 1.54) is 0 Å². The van der Waals surface area contributed by atoms with Crippen molar-refractivity contribution in [1.29, 1.82) is 0 Å². The van der Waals surface area contributed by atoms with Crippen LogP contribution in [0.1, 0.15) is 13.8 Å². The number of allylic oxidation sites excluding steroid dienone is 4. The minimum atomic E-state index is 0.857. The van der Waals surface area contributed by atoms with Gasteiger partial charge in [-0.3, -0.25) is 0 Å². The van der Waals surface area contributed by atoms with Crippen LogP contribution in [0.4, 0.5) is 5.69 Å². The summed E-state index contributed by atoms with van der Waals surface area (Å²) >= 11 is 0. The number of hydrogen-bond acceptors (Lipinski definition) is 2. The van der Waals surface area contributed by atoms with E-state index in [4.69, 9.17) is 4.74 Å². The first-order valence-corrected chi connectivity index (χ1v) is 5.57. The van der Waals surface area contributed by atoms with Crippen molar-refractivity contribution in [2.75, 3.05) is 12.4 Å². The zero-order valence-corrected chi connectivity index (χ0v) is 10.7. The second kappa shape index (κ2) is 6.59. The number of nitrogens with one attached hydrogen (secondary N) is 1. The first-order chi connectivity index (χ1) is 8.19. The van der Waals surface area contributed by atoms with Gasteiger partial charge in [0, 0.05) is 11.4 Å². The van der Waals surface area contributed by atoms with E-state index in [1.54, 1.807) is 7.11 Å². The van der Waals surface area contributed by atoms with E-state index < -0.39 is 0 Å². The second-order valence-corrected chi connectivity index (χ2v) is 3.69. The number of ether oxygens (including phenoxy) is 1. The number of methoxy groups -OCH3 is 1. The van der Waals surface area contributed by atoms with Gasteiger partial charge in [-0.15, -0.1) is 0 Å². The van der Waals surface area contributed by atoms with Gasteiger partial charge in [0.05, 0.1) is 7.11 Å². The third kappa shape index (κ3) is 4.19. The molecule has 90 valence electrons. The van der Waals surface area contributed by atoms with Crippen LogP contribution < -0.4 is 10.1 Å². The zero-order chi connectivity index (χ0) is 12.7. The predicted molar refractivity (Wildman–Crippen MR) is 74.3 cm³/mol. The van der Waals surface area contributed by atoms with Crippen LogP contribution in [0.25, 0.3) is 0 Å². The van der Waals surface area contributed by atoms with Gasteiger partial charge in [-0.05, 0) is 49.8 Å². The Morgan fingerprint density at radius 3 is 2.41 bits per heavy atom. The van der Waals surface area contributed by atoms with Crippen LogP contribution in [-0.2, 0) is 0 Å². The Bertz CT molecular complexity index is 427. The summed E-state index contributed by atoms with van der Waals surface area (Å²) in [5.74, 6) is 0.857. The summed E-state index contributed by atoms with van der Waals surface area (Å²) in [5.41, 5.74) is 3.21. The summed E-state index contributed by atoms with van der Waals surface area (Å²) in [6, 6.07) is 7.83. The van der Waals surface area contributed by atoms with Gasteiger partial charge in [0.2, 0.25) is 0 Å². The summed E-state index contributed by atoms with van der Waals surface area (Å²) in [7, 11) is 1.66. The van der Waals surface area contributed by atoms with E-state index in [2.05, 4.69) is 18.0 Å². The lowest BCUT2D eigenvalue weighted by molar-refractivity contribution is 0.415. The molecule has 0 saturated carbocycles. The van der Waals surface area contributed by atoms with Crippen LogP contribution in [0.3, 0.4) is 0 Å². The lowest BCUT2D eigenvalue weighted by Gasteiger charge is -2.08. The molecule has 17 heavy (non-hydrogen) atoms. The molecular formula is C15H19NO. The van der Waals surface area contributed by atoms with E-state index in [1.807, 2.05) is 50.3 Å². The average molecular weight is 229 g/mol. The van der Waals surface area contributed by atoms with Crippen molar-refractivity contribution in [2.45, 2.75) is 13.8 Å². The molecule has 0 heterocycles. The minimum Gasteiger partial charge on any atom is -0.497 e. The van der Waals surface area contributed by atoms with Gasteiger partial charge in [0.25, 0.3) is 0 Å². The molecule has 0 atom stereocenters. The molecule has 1 aromatic rings. The van der Waals surface area contributed by atoms with Gasteiger partial charge in [0.1, 0.15) is 5.75 Å². The zero-order valence-electron chi connectivity index (χ0n) is 10.7. The fourth-order valence-electron chi connectivity index (χ4n) is 1.34. The molecule has 1 aromatic carbocycles. The Hall–Kier alpha value is -1.96. The monoisotopic (exact) mass is 229 g/mol. The third-order valence-electron chi connectivity index (χ3n) is 2.39. The first kappa shape index (κ1) is 13.1. The van der Waals surface area contributed by atoms with E-state index >= 15 is 0 Å². The summed E-state index contributed by atoms with van der Waals surface area (Å²) in [6.07, 6.45) is 5.91. The fraction of sp³-hybridized carbons (Fsp3) is 0.200. The molecule has 1 rings (SSSR count). The molecule has 0 aliphatic rings. The number of hydrogen-bond donors (Lipinski definition) is 1. The maximum atomic E-state index is 5.11. The van der Waals surface area contributed by atoms with Crippen molar-refractivity contribution >= 4 is 5.69 Å². The molecule has 0 saturated heterocycles. The summed E-state index contributed by atoms with van der Waals surface area (Å²) < 4.78 is 5.11. The molecule has 0 bridgehead atoms. The third-order valence-corrected chi connectivity index (χ3v) is 2.39. The molecule has 0 aliphatic heterocycles. The highest BCUT2D eigenvalue weighted by atomic mass is 16.5. The fourth-order valence-corrected chi connectivity index (χ4v) is 1.34. The van der Waals surface area contributed by atoms with Crippen LogP contribution in [0.15, 0.2) is 60.3 Å². The van der Waals surface area contributed by atoms with Crippen molar-refractivity contribution in [3.05, 3.63) is 60.3 Å². The van der Waals surface area contributed by atoms with Crippen LogP contribution in [-0.4, -0.2) is 7.11 Å². The molecule has 1 N–H and O–H groups in total. The molecule has 2 nitrogen and oxygen atoms in total. The first-order valence-electron chi connectivity index (χ1n) is 5.57. The highest BCUT2D eigenvalue weighted by molar-refractivity contribution is 5.53. The highest BCUT2D eigenvalue weighted by Gasteiger charge is 1.96. The van der Waals surface area contributed by atoms with Gasteiger partial charge in [-0.25, -0.2) is 0 Å². The number of benzene rings is 1. The Balaban J connectivity index is 2.78. The standard InChI is InChI=1S/C15H19NO/c1-5-12(3)11-13(6-2)16-14-7-9-15(17-4)10-8-14/h5-11,16H,1H2,2-4H3/b12-11-,13-6+. The molecule has 0 unspecified atom stereocenters. The molecule has 2 heteroatoms. The van der Waals surface area contributed by atoms with Crippen LogP contribution >= 0.6 is 0 Å². The van der Waals surface area contributed by atoms with Gasteiger partial charge >= 0.3 is 0 Å². The summed E-state index contributed by atoms with van der Waals surface area (Å²) in [4.78, 5) is 0. The van der Waals surface area contributed by atoms with Crippen molar-refractivity contribution < 1.29 is 4.74 Å². The lowest BCUT2D eigenvalue weighted by Crippen LogP contribution is -1.97. The molecule has 0 radical (unpaired) electrons. The summed E-state index contributed by atoms with van der Waals surface area (Å²) in [6.45, 7) is 7.76. The summed E-state index contributed by atoms with van der Waals surface area (Å²) in [5, 5.41) is 3.33. The van der Waals surface area contributed by atoms with Crippen LogP contribution in [0.2, 0.25) is 0 Å². The predicted octanol–water partition coefficient (Wildman–Crippen LogP) is 4.14. The molecular weight excluding hydrogens is 210 g/mol.